The standard InChI is InChI=1S/C35H50N6O5S2/c1-23(2)19-40(48(45,46)29-14-12-27(36)13-15-29)21-31(42)30(18-26-10-8-7-9-11-26)38-33(43)32(24(3)4)41-17-16-39(35(41)44)20-28-22-47-34(37-28)25(5)6/h7-15,22-25,30-32,42H,16-21,36H2,1-6H3,(H,38,43)/t30-,31+,32-/m0/s1. The molecule has 4 rings (SSSR count). The molecule has 0 spiro atoms. The Hall–Kier alpha value is -3.52. The van der Waals surface area contributed by atoms with E-state index in [0.717, 1.165) is 16.3 Å². The summed E-state index contributed by atoms with van der Waals surface area (Å²) in [7, 11) is -3.99. The van der Waals surface area contributed by atoms with Gasteiger partial charge in [-0.25, -0.2) is 18.2 Å². The second-order valence-corrected chi connectivity index (χ2v) is 16.4. The maximum absolute atomic E-state index is 14.1. The molecule has 0 bridgehead atoms. The summed E-state index contributed by atoms with van der Waals surface area (Å²) in [6.07, 6.45) is -0.993. The third-order valence-corrected chi connectivity index (χ3v) is 11.4. The summed E-state index contributed by atoms with van der Waals surface area (Å²) in [6, 6.07) is 13.5. The Morgan fingerprint density at radius 3 is 2.27 bits per heavy atom. The van der Waals surface area contributed by atoms with Crippen molar-refractivity contribution in [3.05, 3.63) is 76.2 Å². The maximum atomic E-state index is 14.1. The number of aliphatic hydroxyl groups is 1. The van der Waals surface area contributed by atoms with Gasteiger partial charge in [-0.05, 0) is 48.1 Å². The number of aliphatic hydroxyl groups excluding tert-OH is 1. The average Bonchev–Trinajstić information content (AvgIpc) is 3.64. The van der Waals surface area contributed by atoms with Gasteiger partial charge >= 0.3 is 6.03 Å². The molecule has 3 amide bonds. The Labute approximate surface area is 289 Å². The van der Waals surface area contributed by atoms with Crippen LogP contribution in [0.2, 0.25) is 0 Å². The van der Waals surface area contributed by atoms with Crippen LogP contribution < -0.4 is 11.1 Å². The van der Waals surface area contributed by atoms with E-state index in [-0.39, 0.29) is 42.3 Å². The molecule has 0 saturated carbocycles. The van der Waals surface area contributed by atoms with Crippen LogP contribution >= 0.6 is 11.3 Å². The van der Waals surface area contributed by atoms with Crippen LogP contribution in [0.5, 0.6) is 0 Å². The third-order valence-electron chi connectivity index (χ3n) is 8.35. The number of hydrogen-bond donors (Lipinski definition) is 3. The summed E-state index contributed by atoms with van der Waals surface area (Å²) >= 11 is 1.58. The highest BCUT2D eigenvalue weighted by atomic mass is 32.2. The summed E-state index contributed by atoms with van der Waals surface area (Å²) < 4.78 is 28.8. The molecular weight excluding hydrogens is 649 g/mol. The normalized spacial score (nSPS) is 15.9. The second-order valence-electron chi connectivity index (χ2n) is 13.6. The number of nitrogens with zero attached hydrogens (tertiary/aromatic N) is 4. The molecule has 3 aromatic rings. The zero-order valence-corrected chi connectivity index (χ0v) is 30.4. The number of amides is 3. The summed E-state index contributed by atoms with van der Waals surface area (Å²) in [4.78, 5) is 35.8. The molecule has 1 aromatic heterocycles. The smallest absolute Gasteiger partial charge is 0.321 e. The van der Waals surface area contributed by atoms with E-state index < -0.39 is 34.1 Å². The first-order valence-corrected chi connectivity index (χ1v) is 18.9. The molecule has 0 radical (unpaired) electrons. The first-order valence-electron chi connectivity index (χ1n) is 16.5. The Bertz CT molecular complexity index is 1610. The number of carbonyl (C=O) groups is 2. The van der Waals surface area contributed by atoms with E-state index in [1.54, 1.807) is 21.1 Å². The summed E-state index contributed by atoms with van der Waals surface area (Å²) in [6.45, 7) is 12.9. The number of hydrogen-bond acceptors (Lipinski definition) is 8. The molecule has 0 unspecified atom stereocenters. The third kappa shape index (κ3) is 9.34. The number of rotatable bonds is 16. The number of nitrogens with two attached hydrogens (primary N) is 1. The van der Waals surface area contributed by atoms with Gasteiger partial charge in [-0.1, -0.05) is 71.9 Å². The predicted octanol–water partition coefficient (Wildman–Crippen LogP) is 4.55. The van der Waals surface area contributed by atoms with E-state index in [9.17, 15) is 23.1 Å². The van der Waals surface area contributed by atoms with E-state index in [1.165, 1.54) is 28.6 Å². The van der Waals surface area contributed by atoms with Gasteiger partial charge in [0.1, 0.15) is 6.04 Å². The molecule has 1 aliphatic rings. The van der Waals surface area contributed by atoms with Crippen LogP contribution in [0.25, 0.3) is 0 Å². The van der Waals surface area contributed by atoms with Crippen molar-refractivity contribution < 1.29 is 23.1 Å². The topological polar surface area (TPSA) is 149 Å². The fourth-order valence-electron chi connectivity index (χ4n) is 5.89. The minimum absolute atomic E-state index is 0.0291. The molecule has 0 aliphatic carbocycles. The minimum Gasteiger partial charge on any atom is -0.399 e. The second kappa shape index (κ2) is 16.3. The number of sulfonamides is 1. The zero-order chi connectivity index (χ0) is 35.2. The summed E-state index contributed by atoms with van der Waals surface area (Å²) in [5.41, 5.74) is 7.94. The van der Waals surface area contributed by atoms with E-state index in [2.05, 4.69) is 24.1 Å². The molecule has 11 nitrogen and oxygen atoms in total. The van der Waals surface area contributed by atoms with Gasteiger partial charge < -0.3 is 26.0 Å². The lowest BCUT2D eigenvalue weighted by Gasteiger charge is -2.34. The molecule has 4 N–H and O–H groups in total. The van der Waals surface area contributed by atoms with Gasteiger partial charge in [0.15, 0.2) is 0 Å². The number of anilines is 1. The first-order chi connectivity index (χ1) is 22.7. The molecule has 1 aliphatic heterocycles. The van der Waals surface area contributed by atoms with Crippen LogP contribution in [0.1, 0.15) is 63.7 Å². The molecule has 2 heterocycles. The molecular formula is C35H50N6O5S2. The van der Waals surface area contributed by atoms with Crippen LogP contribution in [0.3, 0.4) is 0 Å². The Morgan fingerprint density at radius 2 is 1.69 bits per heavy atom. The van der Waals surface area contributed by atoms with E-state index in [1.807, 2.05) is 63.4 Å². The lowest BCUT2D eigenvalue weighted by atomic mass is 9.97. The minimum atomic E-state index is -3.99. The van der Waals surface area contributed by atoms with Crippen LogP contribution in [0.4, 0.5) is 10.5 Å². The van der Waals surface area contributed by atoms with Crippen LogP contribution in [-0.4, -0.2) is 88.9 Å². The number of thiazole rings is 1. The Balaban J connectivity index is 1.55. The number of nitrogens with one attached hydrogen (secondary N) is 1. The Kier molecular flexibility index (Phi) is 12.6. The number of benzene rings is 2. The van der Waals surface area contributed by atoms with Crippen molar-refractivity contribution in [2.24, 2.45) is 11.8 Å². The highest BCUT2D eigenvalue weighted by molar-refractivity contribution is 7.89. The van der Waals surface area contributed by atoms with Crippen molar-refractivity contribution in [2.75, 3.05) is 31.9 Å². The number of nitrogen functional groups attached to an aromatic ring is 1. The fraction of sp³-hybridized carbons (Fsp3) is 0.514. The van der Waals surface area contributed by atoms with Crippen molar-refractivity contribution in [3.8, 4) is 0 Å². The lowest BCUT2D eigenvalue weighted by molar-refractivity contribution is -0.128. The molecule has 262 valence electrons. The summed E-state index contributed by atoms with van der Waals surface area (Å²) in [5.74, 6) is -0.345. The largest absolute Gasteiger partial charge is 0.399 e. The van der Waals surface area contributed by atoms with Gasteiger partial charge in [0.25, 0.3) is 0 Å². The van der Waals surface area contributed by atoms with Gasteiger partial charge in [0.2, 0.25) is 15.9 Å². The van der Waals surface area contributed by atoms with Gasteiger partial charge in [0.05, 0.1) is 34.3 Å². The first kappa shape index (κ1) is 37.3. The number of aromatic nitrogens is 1. The predicted molar refractivity (Wildman–Crippen MR) is 190 cm³/mol. The van der Waals surface area contributed by atoms with Crippen molar-refractivity contribution >= 4 is 39.0 Å². The highest BCUT2D eigenvalue weighted by Crippen LogP contribution is 2.25. The monoisotopic (exact) mass is 698 g/mol. The average molecular weight is 699 g/mol. The molecule has 13 heteroatoms. The fourth-order valence-corrected chi connectivity index (χ4v) is 8.34. The molecule has 1 fully saturated rings. The van der Waals surface area contributed by atoms with Crippen molar-refractivity contribution in [3.63, 3.8) is 0 Å². The van der Waals surface area contributed by atoms with E-state index in [4.69, 9.17) is 5.73 Å². The maximum Gasteiger partial charge on any atom is 0.321 e. The van der Waals surface area contributed by atoms with Crippen LogP contribution in [0, 0.1) is 11.8 Å². The van der Waals surface area contributed by atoms with Crippen molar-refractivity contribution in [2.45, 2.75) is 83.5 Å². The van der Waals surface area contributed by atoms with Crippen molar-refractivity contribution in [1.29, 1.82) is 0 Å². The zero-order valence-electron chi connectivity index (χ0n) is 28.7. The molecule has 2 aromatic carbocycles. The van der Waals surface area contributed by atoms with Gasteiger partial charge in [-0.2, -0.15) is 4.31 Å². The summed E-state index contributed by atoms with van der Waals surface area (Å²) in [5, 5.41) is 17.7. The van der Waals surface area contributed by atoms with E-state index >= 15 is 0 Å². The van der Waals surface area contributed by atoms with Gasteiger partial charge in [-0.15, -0.1) is 11.3 Å². The molecule has 1 saturated heterocycles. The molecule has 3 atom stereocenters. The van der Waals surface area contributed by atoms with Crippen molar-refractivity contribution in [1.82, 2.24) is 24.4 Å². The quantitative estimate of drug-likeness (QED) is 0.186. The van der Waals surface area contributed by atoms with Crippen LogP contribution in [0.15, 0.2) is 64.9 Å². The SMILES string of the molecule is CC(C)CN(C[C@@H](O)[C@H](Cc1ccccc1)NC(=O)[C@H](C(C)C)N1CCN(Cc2csc(C(C)C)n2)C1=O)S(=O)(=O)c1ccc(N)cc1. The highest BCUT2D eigenvalue weighted by Gasteiger charge is 2.40. The van der Waals surface area contributed by atoms with E-state index in [0.29, 0.717) is 31.2 Å². The number of carbonyl (C=O) groups excluding carboxylic acids is 2. The Morgan fingerprint density at radius 1 is 1.02 bits per heavy atom. The van der Waals surface area contributed by atoms with Gasteiger partial charge in [0, 0.05) is 43.2 Å². The lowest BCUT2D eigenvalue weighted by Crippen LogP contribution is -2.57. The van der Waals surface area contributed by atoms with Gasteiger partial charge in [-0.3, -0.25) is 4.79 Å². The number of urea groups is 1. The molecule has 48 heavy (non-hydrogen) atoms. The van der Waals surface area contributed by atoms with Crippen LogP contribution in [-0.2, 0) is 27.8 Å².